The molecule has 1 aromatic carbocycles. The molecule has 1 heterocycles. The second-order valence-corrected chi connectivity index (χ2v) is 4.78. The van der Waals surface area contributed by atoms with Gasteiger partial charge in [-0.15, -0.1) is 0 Å². The van der Waals surface area contributed by atoms with Crippen molar-refractivity contribution < 1.29 is 14.3 Å². The van der Waals surface area contributed by atoms with Gasteiger partial charge >= 0.3 is 5.97 Å². The Balaban J connectivity index is 2.49. The number of carboxylic acid groups (broad SMARTS) is 1. The van der Waals surface area contributed by atoms with Crippen LogP contribution in [-0.4, -0.2) is 16.1 Å². The zero-order valence-electron chi connectivity index (χ0n) is 10.9. The van der Waals surface area contributed by atoms with E-state index in [1.54, 1.807) is 12.1 Å². The molecule has 0 amide bonds. The summed E-state index contributed by atoms with van der Waals surface area (Å²) in [6.07, 6.45) is 1.37. The molecule has 5 heteroatoms. The van der Waals surface area contributed by atoms with Gasteiger partial charge in [-0.3, -0.25) is 4.98 Å². The zero-order valence-corrected chi connectivity index (χ0v) is 11.6. The van der Waals surface area contributed by atoms with E-state index < -0.39 is 11.8 Å². The first-order valence-corrected chi connectivity index (χ1v) is 6.59. The van der Waals surface area contributed by atoms with Crippen molar-refractivity contribution in [3.63, 3.8) is 0 Å². The summed E-state index contributed by atoms with van der Waals surface area (Å²) in [6.45, 7) is 1.95. The van der Waals surface area contributed by atoms with Crippen LogP contribution in [0.1, 0.15) is 29.4 Å². The Bertz CT molecular complexity index is 658. The molecule has 0 aliphatic rings. The lowest BCUT2D eigenvalue weighted by atomic mass is 10.1. The first-order chi connectivity index (χ1) is 9.52. The fraction of sp³-hybridized carbons (Fsp3) is 0.200. The van der Waals surface area contributed by atoms with Crippen molar-refractivity contribution in [2.24, 2.45) is 0 Å². The molecule has 0 unspecified atom stereocenters. The highest BCUT2D eigenvalue weighted by molar-refractivity contribution is 6.31. The summed E-state index contributed by atoms with van der Waals surface area (Å²) in [5, 5.41) is 9.14. The second-order valence-electron chi connectivity index (χ2n) is 4.37. The third kappa shape index (κ3) is 2.96. The lowest BCUT2D eigenvalue weighted by Gasteiger charge is -2.08. The van der Waals surface area contributed by atoms with Gasteiger partial charge in [-0.05, 0) is 36.8 Å². The minimum atomic E-state index is -0.996. The van der Waals surface area contributed by atoms with Gasteiger partial charge in [-0.2, -0.15) is 0 Å². The van der Waals surface area contributed by atoms with Gasteiger partial charge in [0.2, 0.25) is 0 Å². The van der Waals surface area contributed by atoms with Crippen LogP contribution < -0.4 is 0 Å². The molecule has 0 aliphatic heterocycles. The van der Waals surface area contributed by atoms with Crippen LogP contribution >= 0.6 is 11.6 Å². The number of hydrogen-bond acceptors (Lipinski definition) is 2. The fourth-order valence-corrected chi connectivity index (χ4v) is 2.12. The number of rotatable bonds is 4. The van der Waals surface area contributed by atoms with Gasteiger partial charge in [-0.25, -0.2) is 9.18 Å². The predicted molar refractivity (Wildman–Crippen MR) is 75.6 cm³/mol. The highest BCUT2D eigenvalue weighted by Crippen LogP contribution is 2.25. The van der Waals surface area contributed by atoms with Crippen LogP contribution in [0.5, 0.6) is 0 Å². The first-order valence-electron chi connectivity index (χ1n) is 6.21. The van der Waals surface area contributed by atoms with Crippen molar-refractivity contribution in [2.75, 3.05) is 0 Å². The third-order valence-corrected chi connectivity index (χ3v) is 3.20. The quantitative estimate of drug-likeness (QED) is 0.919. The third-order valence-electron chi connectivity index (χ3n) is 2.91. The minimum absolute atomic E-state index is 0.0173. The van der Waals surface area contributed by atoms with Crippen molar-refractivity contribution in [3.05, 3.63) is 52.4 Å². The molecule has 0 saturated carbocycles. The molecule has 0 aliphatic carbocycles. The molecule has 0 bridgehead atoms. The Morgan fingerprint density at radius 2 is 2.10 bits per heavy atom. The largest absolute Gasteiger partial charge is 0.478 e. The molecule has 2 rings (SSSR count). The summed E-state index contributed by atoms with van der Waals surface area (Å²) in [6, 6.07) is 7.44. The number of hydrogen-bond donors (Lipinski definition) is 1. The van der Waals surface area contributed by atoms with Crippen molar-refractivity contribution in [1.29, 1.82) is 0 Å². The minimum Gasteiger partial charge on any atom is -0.478 e. The fourth-order valence-electron chi connectivity index (χ4n) is 1.94. The molecule has 104 valence electrons. The van der Waals surface area contributed by atoms with Crippen molar-refractivity contribution in [1.82, 2.24) is 4.98 Å². The molecule has 3 nitrogen and oxygen atoms in total. The molecule has 2 aromatic rings. The number of aromatic carboxylic acids is 1. The Hall–Kier alpha value is -1.94. The standard InChI is InChI=1S/C15H13ClFNO2/c1-2-3-14-10(15(19)20)5-7-13(18-14)9-4-6-12(17)11(16)8-9/h4-8H,2-3H2,1H3,(H,19,20). The molecular formula is C15H13ClFNO2. The van der Waals surface area contributed by atoms with Crippen LogP contribution in [-0.2, 0) is 6.42 Å². The topological polar surface area (TPSA) is 50.2 Å². The second kappa shape index (κ2) is 6.01. The van der Waals surface area contributed by atoms with E-state index in [1.807, 2.05) is 6.92 Å². The Morgan fingerprint density at radius 1 is 1.35 bits per heavy atom. The molecule has 0 spiro atoms. The maximum Gasteiger partial charge on any atom is 0.337 e. The summed E-state index contributed by atoms with van der Waals surface area (Å²) in [5.41, 5.74) is 1.97. The number of aromatic nitrogens is 1. The summed E-state index contributed by atoms with van der Waals surface area (Å²) in [7, 11) is 0. The highest BCUT2D eigenvalue weighted by Gasteiger charge is 2.13. The van der Waals surface area contributed by atoms with Gasteiger partial charge in [0.1, 0.15) is 5.82 Å². The zero-order chi connectivity index (χ0) is 14.7. The molecule has 20 heavy (non-hydrogen) atoms. The Labute approximate surface area is 121 Å². The van der Waals surface area contributed by atoms with Gasteiger partial charge in [0, 0.05) is 5.56 Å². The van der Waals surface area contributed by atoms with Gasteiger partial charge in [-0.1, -0.05) is 24.9 Å². The van der Waals surface area contributed by atoms with E-state index in [1.165, 1.54) is 18.2 Å². The molecule has 1 aromatic heterocycles. The molecule has 1 N–H and O–H groups in total. The lowest BCUT2D eigenvalue weighted by Crippen LogP contribution is -2.05. The maximum atomic E-state index is 13.2. The van der Waals surface area contributed by atoms with Crippen LogP contribution in [0.15, 0.2) is 30.3 Å². The van der Waals surface area contributed by atoms with Crippen LogP contribution in [0.25, 0.3) is 11.3 Å². The monoisotopic (exact) mass is 293 g/mol. The van der Waals surface area contributed by atoms with E-state index >= 15 is 0 Å². The van der Waals surface area contributed by atoms with E-state index in [0.29, 0.717) is 23.4 Å². The number of carboxylic acids is 1. The van der Waals surface area contributed by atoms with E-state index in [9.17, 15) is 9.18 Å². The number of aryl methyl sites for hydroxylation is 1. The number of pyridine rings is 1. The molecule has 0 atom stereocenters. The van der Waals surface area contributed by atoms with Gasteiger partial charge in [0.15, 0.2) is 0 Å². The molecule has 0 fully saturated rings. The average Bonchev–Trinajstić information content (AvgIpc) is 2.42. The molecular weight excluding hydrogens is 281 g/mol. The van der Waals surface area contributed by atoms with Crippen molar-refractivity contribution in [2.45, 2.75) is 19.8 Å². The van der Waals surface area contributed by atoms with Gasteiger partial charge < -0.3 is 5.11 Å². The lowest BCUT2D eigenvalue weighted by molar-refractivity contribution is 0.0695. The van der Waals surface area contributed by atoms with E-state index in [0.717, 1.165) is 6.42 Å². The number of nitrogens with zero attached hydrogens (tertiary/aromatic N) is 1. The SMILES string of the molecule is CCCc1nc(-c2ccc(F)c(Cl)c2)ccc1C(=O)O. The molecule has 0 radical (unpaired) electrons. The predicted octanol–water partition coefficient (Wildman–Crippen LogP) is 4.19. The Morgan fingerprint density at radius 3 is 2.70 bits per heavy atom. The van der Waals surface area contributed by atoms with Gasteiger partial charge in [0.25, 0.3) is 0 Å². The van der Waals surface area contributed by atoms with E-state index in [2.05, 4.69) is 4.98 Å². The normalized spacial score (nSPS) is 10.6. The highest BCUT2D eigenvalue weighted by atomic mass is 35.5. The number of carbonyl (C=O) groups is 1. The van der Waals surface area contributed by atoms with Crippen LogP contribution in [0.4, 0.5) is 4.39 Å². The van der Waals surface area contributed by atoms with Crippen molar-refractivity contribution in [3.8, 4) is 11.3 Å². The Kier molecular flexibility index (Phi) is 4.35. The molecule has 0 saturated heterocycles. The van der Waals surface area contributed by atoms with Crippen molar-refractivity contribution >= 4 is 17.6 Å². The van der Waals surface area contributed by atoms with E-state index in [-0.39, 0.29) is 10.6 Å². The van der Waals surface area contributed by atoms with Crippen LogP contribution in [0, 0.1) is 5.82 Å². The summed E-state index contributed by atoms with van der Waals surface area (Å²) in [5.74, 6) is -1.49. The first kappa shape index (κ1) is 14.5. The van der Waals surface area contributed by atoms with Crippen LogP contribution in [0.3, 0.4) is 0 Å². The number of halogens is 2. The smallest absolute Gasteiger partial charge is 0.337 e. The average molecular weight is 294 g/mol. The van der Waals surface area contributed by atoms with E-state index in [4.69, 9.17) is 16.7 Å². The number of benzene rings is 1. The maximum absolute atomic E-state index is 13.2. The summed E-state index contributed by atoms with van der Waals surface area (Å²) >= 11 is 5.75. The van der Waals surface area contributed by atoms with Crippen LogP contribution in [0.2, 0.25) is 5.02 Å². The summed E-state index contributed by atoms with van der Waals surface area (Å²) < 4.78 is 13.2. The van der Waals surface area contributed by atoms with Gasteiger partial charge in [0.05, 0.1) is 22.0 Å². The summed E-state index contributed by atoms with van der Waals surface area (Å²) in [4.78, 5) is 15.5.